The van der Waals surface area contributed by atoms with Crippen LogP contribution in [0, 0.1) is 17.8 Å². The number of hydrogen-bond donors (Lipinski definition) is 0. The topological polar surface area (TPSA) is 44.8 Å². The summed E-state index contributed by atoms with van der Waals surface area (Å²) in [5.74, 6) is 2.33. The van der Waals surface area contributed by atoms with Gasteiger partial charge in [-0.3, -0.25) is 4.52 Å². The lowest BCUT2D eigenvalue weighted by Gasteiger charge is -2.37. The molecule has 4 aromatic carbocycles. The average molecular weight is 487 g/mol. The zero-order chi connectivity index (χ0) is 24.2. The smallest absolute Gasteiger partial charge is 0.394 e. The van der Waals surface area contributed by atoms with Crippen LogP contribution in [0.4, 0.5) is 0 Å². The maximum Gasteiger partial charge on any atom is 0.587 e. The van der Waals surface area contributed by atoms with Gasteiger partial charge in [-0.05, 0) is 64.3 Å². The highest BCUT2D eigenvalue weighted by molar-refractivity contribution is 7.49. The van der Waals surface area contributed by atoms with Crippen LogP contribution in [-0.2, 0) is 9.09 Å². The first kappa shape index (κ1) is 22.6. The Morgan fingerprint density at radius 3 is 1.89 bits per heavy atom. The molecule has 6 rings (SSSR count). The van der Waals surface area contributed by atoms with Crippen molar-refractivity contribution in [2.75, 3.05) is 0 Å². The molecule has 35 heavy (non-hydrogen) atoms. The molecular formula is C30H31O4P. The summed E-state index contributed by atoms with van der Waals surface area (Å²) in [7, 11) is -3.95. The van der Waals surface area contributed by atoms with E-state index in [4.69, 9.17) is 13.6 Å². The van der Waals surface area contributed by atoms with E-state index in [0.29, 0.717) is 29.3 Å². The molecular weight excluding hydrogens is 455 g/mol. The summed E-state index contributed by atoms with van der Waals surface area (Å²) < 4.78 is 33.2. The normalized spacial score (nSPS) is 23.3. The summed E-state index contributed by atoms with van der Waals surface area (Å²) in [6, 6.07) is 24.2. The molecule has 1 heterocycles. The van der Waals surface area contributed by atoms with Crippen molar-refractivity contribution in [2.24, 2.45) is 17.8 Å². The van der Waals surface area contributed by atoms with Gasteiger partial charge in [-0.15, -0.1) is 0 Å². The van der Waals surface area contributed by atoms with E-state index in [2.05, 4.69) is 45.0 Å². The van der Waals surface area contributed by atoms with Gasteiger partial charge in [0.1, 0.15) is 11.5 Å². The first-order chi connectivity index (χ1) is 16.9. The molecule has 2 aliphatic rings. The summed E-state index contributed by atoms with van der Waals surface area (Å²) in [4.78, 5) is 0. The van der Waals surface area contributed by atoms with Gasteiger partial charge in [0.05, 0.1) is 6.10 Å². The van der Waals surface area contributed by atoms with E-state index in [9.17, 15) is 4.57 Å². The molecule has 0 amide bonds. The zero-order valence-electron chi connectivity index (χ0n) is 20.4. The Balaban J connectivity index is 1.54. The van der Waals surface area contributed by atoms with Gasteiger partial charge in [-0.25, -0.2) is 4.57 Å². The highest BCUT2D eigenvalue weighted by Crippen LogP contribution is 2.60. The SMILES string of the molecule is CC1CCC(C(C)C)C(OP2(=O)Oc3ccc4ccccc4c3-c3c(ccc4ccccc34)O2)C1. The van der Waals surface area contributed by atoms with Crippen LogP contribution in [0.5, 0.6) is 11.5 Å². The van der Waals surface area contributed by atoms with Crippen molar-refractivity contribution in [3.05, 3.63) is 72.8 Å². The minimum absolute atomic E-state index is 0.171. The predicted octanol–water partition coefficient (Wildman–Crippen LogP) is 9.02. The second-order valence-corrected chi connectivity index (χ2v) is 11.9. The number of phosphoric ester groups is 1. The predicted molar refractivity (Wildman–Crippen MR) is 142 cm³/mol. The van der Waals surface area contributed by atoms with Crippen LogP contribution in [0.1, 0.15) is 40.0 Å². The fraction of sp³-hybridized carbons (Fsp3) is 0.333. The molecule has 3 unspecified atom stereocenters. The quantitative estimate of drug-likeness (QED) is 0.271. The molecule has 5 heteroatoms. The van der Waals surface area contributed by atoms with Gasteiger partial charge in [0.25, 0.3) is 0 Å². The molecule has 0 saturated heterocycles. The molecule has 0 bridgehead atoms. The Morgan fingerprint density at radius 1 is 0.800 bits per heavy atom. The molecule has 4 nitrogen and oxygen atoms in total. The zero-order valence-corrected chi connectivity index (χ0v) is 21.3. The van der Waals surface area contributed by atoms with Gasteiger partial charge in [0, 0.05) is 11.1 Å². The van der Waals surface area contributed by atoms with Crippen molar-refractivity contribution in [1.29, 1.82) is 0 Å². The fourth-order valence-corrected chi connectivity index (χ4v) is 7.36. The minimum Gasteiger partial charge on any atom is -0.394 e. The second kappa shape index (κ2) is 8.69. The number of benzene rings is 4. The van der Waals surface area contributed by atoms with Crippen molar-refractivity contribution in [3.63, 3.8) is 0 Å². The molecule has 0 spiro atoms. The minimum atomic E-state index is -3.95. The first-order valence-electron chi connectivity index (χ1n) is 12.6. The maximum absolute atomic E-state index is 14.3. The Bertz CT molecular complexity index is 1370. The van der Waals surface area contributed by atoms with E-state index >= 15 is 0 Å². The lowest BCUT2D eigenvalue weighted by molar-refractivity contribution is 0.0272. The third-order valence-electron chi connectivity index (χ3n) is 7.68. The Morgan fingerprint density at radius 2 is 1.34 bits per heavy atom. The van der Waals surface area contributed by atoms with Crippen molar-refractivity contribution in [1.82, 2.24) is 0 Å². The van der Waals surface area contributed by atoms with Crippen molar-refractivity contribution < 1.29 is 18.1 Å². The molecule has 1 aliphatic heterocycles. The Labute approximate surface area is 206 Å². The van der Waals surface area contributed by atoms with Crippen LogP contribution in [0.15, 0.2) is 72.8 Å². The van der Waals surface area contributed by atoms with E-state index in [0.717, 1.165) is 45.5 Å². The van der Waals surface area contributed by atoms with Crippen molar-refractivity contribution in [3.8, 4) is 22.6 Å². The van der Waals surface area contributed by atoms with Crippen LogP contribution in [0.3, 0.4) is 0 Å². The highest BCUT2D eigenvalue weighted by atomic mass is 31.2. The van der Waals surface area contributed by atoms with E-state index in [-0.39, 0.29) is 6.10 Å². The van der Waals surface area contributed by atoms with E-state index in [1.807, 2.05) is 48.5 Å². The van der Waals surface area contributed by atoms with Crippen molar-refractivity contribution >= 4 is 29.4 Å². The Hall–Kier alpha value is -2.81. The summed E-state index contributed by atoms with van der Waals surface area (Å²) in [5, 5.41) is 4.25. The van der Waals surface area contributed by atoms with Gasteiger partial charge >= 0.3 is 7.82 Å². The number of rotatable bonds is 3. The number of fused-ring (bicyclic) bond motifs is 7. The molecule has 180 valence electrons. The standard InChI is InChI=1S/C30H31O4P/c1-19(2)23-15-12-20(3)18-28(23)34-35(31)32-26-16-13-21-8-4-6-10-24(21)29(26)30-25-11-7-5-9-22(25)14-17-27(30)33-35/h4-11,13-14,16-17,19-20,23,28H,12,15,18H2,1-3H3. The van der Waals surface area contributed by atoms with Crippen LogP contribution in [0.2, 0.25) is 0 Å². The van der Waals surface area contributed by atoms with Gasteiger partial charge in [0.2, 0.25) is 0 Å². The van der Waals surface area contributed by atoms with Crippen LogP contribution in [-0.4, -0.2) is 6.10 Å². The molecule has 4 aromatic rings. The summed E-state index contributed by atoms with van der Waals surface area (Å²) >= 11 is 0. The molecule has 0 N–H and O–H groups in total. The monoisotopic (exact) mass is 486 g/mol. The first-order valence-corrected chi connectivity index (χ1v) is 14.1. The van der Waals surface area contributed by atoms with Crippen LogP contribution < -0.4 is 9.05 Å². The average Bonchev–Trinajstić information content (AvgIpc) is 2.97. The van der Waals surface area contributed by atoms with Gasteiger partial charge in [-0.2, -0.15) is 0 Å². The molecule has 0 radical (unpaired) electrons. The summed E-state index contributed by atoms with van der Waals surface area (Å²) in [5.41, 5.74) is 1.79. The highest BCUT2D eigenvalue weighted by Gasteiger charge is 2.43. The van der Waals surface area contributed by atoms with Gasteiger partial charge in [0.15, 0.2) is 0 Å². The molecule has 1 aliphatic carbocycles. The largest absolute Gasteiger partial charge is 0.587 e. The maximum atomic E-state index is 14.3. The summed E-state index contributed by atoms with van der Waals surface area (Å²) in [6.07, 6.45) is 2.91. The van der Waals surface area contributed by atoms with Crippen LogP contribution in [0.25, 0.3) is 32.7 Å². The number of phosphoric acid groups is 1. The van der Waals surface area contributed by atoms with E-state index in [1.54, 1.807) is 0 Å². The molecule has 3 atom stereocenters. The third-order valence-corrected chi connectivity index (χ3v) is 9.05. The van der Waals surface area contributed by atoms with Gasteiger partial charge < -0.3 is 9.05 Å². The fourth-order valence-electron chi connectivity index (χ4n) is 5.88. The second-order valence-electron chi connectivity index (χ2n) is 10.4. The Kier molecular flexibility index (Phi) is 5.62. The molecule has 1 fully saturated rings. The molecule has 1 saturated carbocycles. The van der Waals surface area contributed by atoms with Crippen LogP contribution >= 0.6 is 7.82 Å². The summed E-state index contributed by atoms with van der Waals surface area (Å²) in [6.45, 7) is 6.66. The molecule has 0 aromatic heterocycles. The van der Waals surface area contributed by atoms with E-state index in [1.165, 1.54) is 6.42 Å². The van der Waals surface area contributed by atoms with Crippen molar-refractivity contribution in [2.45, 2.75) is 46.1 Å². The lowest BCUT2D eigenvalue weighted by atomic mass is 9.75. The number of hydrogen-bond acceptors (Lipinski definition) is 4. The van der Waals surface area contributed by atoms with Gasteiger partial charge in [-0.1, -0.05) is 87.9 Å². The van der Waals surface area contributed by atoms with E-state index < -0.39 is 7.82 Å². The third kappa shape index (κ3) is 4.03. The lowest BCUT2D eigenvalue weighted by Crippen LogP contribution is -2.34.